The molecule has 0 amide bonds. The third-order valence-corrected chi connectivity index (χ3v) is 6.08. The predicted octanol–water partition coefficient (Wildman–Crippen LogP) is 6.09. The second-order valence-corrected chi connectivity index (χ2v) is 7.24. The van der Waals surface area contributed by atoms with Gasteiger partial charge in [-0.05, 0) is 90.4 Å². The Balaban J connectivity index is 2.69. The fraction of sp³-hybridized carbons (Fsp3) is 0. The van der Waals surface area contributed by atoms with Crippen LogP contribution in [0, 0.1) is 7.14 Å². The lowest BCUT2D eigenvalue weighted by Crippen LogP contribution is -1.88. The molecule has 16 heavy (non-hydrogen) atoms. The topological polar surface area (TPSA) is 0 Å². The van der Waals surface area contributed by atoms with E-state index in [1.807, 2.05) is 0 Å². The molecule has 0 aromatic heterocycles. The molecule has 0 fully saturated rings. The van der Waals surface area contributed by atoms with Crippen molar-refractivity contribution in [2.24, 2.45) is 0 Å². The van der Waals surface area contributed by atoms with Gasteiger partial charge in [0.25, 0.3) is 0 Å². The summed E-state index contributed by atoms with van der Waals surface area (Å²) in [7, 11) is 0. The second kappa shape index (κ2) is 5.67. The van der Waals surface area contributed by atoms with E-state index < -0.39 is 0 Å². The van der Waals surface area contributed by atoms with Crippen LogP contribution >= 0.6 is 77.0 Å². The van der Waals surface area contributed by atoms with Crippen molar-refractivity contribution in [2.45, 2.75) is 0 Å². The van der Waals surface area contributed by atoms with Crippen LogP contribution in [0.3, 0.4) is 0 Å². The van der Waals surface area contributed by atoms with E-state index in [9.17, 15) is 0 Å². The van der Waals surface area contributed by atoms with Gasteiger partial charge in [-0.1, -0.05) is 34.1 Å². The van der Waals surface area contributed by atoms with Crippen LogP contribution < -0.4 is 0 Å². The summed E-state index contributed by atoms with van der Waals surface area (Å²) in [6, 6.07) is 12.6. The van der Waals surface area contributed by atoms with Crippen molar-refractivity contribution >= 4 is 77.0 Å². The minimum absolute atomic E-state index is 1.09. The van der Waals surface area contributed by atoms with Gasteiger partial charge in [0.2, 0.25) is 0 Å². The zero-order valence-electron chi connectivity index (χ0n) is 7.98. The van der Waals surface area contributed by atoms with Gasteiger partial charge in [0.1, 0.15) is 0 Å². The molecule has 0 aliphatic rings. The summed E-state index contributed by atoms with van der Waals surface area (Å²) >= 11 is 11.9. The Bertz CT molecular complexity index is 539. The van der Waals surface area contributed by atoms with Crippen molar-refractivity contribution in [3.05, 3.63) is 52.5 Å². The third kappa shape index (κ3) is 2.81. The van der Waals surface area contributed by atoms with Gasteiger partial charge in [0.05, 0.1) is 0 Å². The molecule has 0 N–H and O–H groups in total. The summed E-state index contributed by atoms with van der Waals surface area (Å²) in [6.07, 6.45) is 0. The molecule has 0 saturated carbocycles. The molecule has 0 spiro atoms. The zero-order chi connectivity index (χ0) is 11.7. The molecule has 0 aliphatic heterocycles. The molecule has 0 nitrogen and oxygen atoms in total. The van der Waals surface area contributed by atoms with Crippen LogP contribution in [0.25, 0.3) is 11.1 Å². The fourth-order valence-electron chi connectivity index (χ4n) is 1.43. The highest BCUT2D eigenvalue weighted by Crippen LogP contribution is 2.35. The van der Waals surface area contributed by atoms with Gasteiger partial charge in [-0.15, -0.1) is 0 Å². The first-order valence-electron chi connectivity index (χ1n) is 4.49. The summed E-state index contributed by atoms with van der Waals surface area (Å²) in [5.41, 5.74) is 2.53. The first-order chi connectivity index (χ1) is 7.59. The first-order valence-corrected chi connectivity index (χ1v) is 8.23. The normalized spacial score (nSPS) is 10.5. The van der Waals surface area contributed by atoms with Crippen molar-refractivity contribution in [1.29, 1.82) is 0 Å². The van der Waals surface area contributed by atoms with Gasteiger partial charge in [-0.25, -0.2) is 0 Å². The summed E-state index contributed by atoms with van der Waals surface area (Å²) in [6.45, 7) is 0. The Morgan fingerprint density at radius 1 is 0.875 bits per heavy atom. The van der Waals surface area contributed by atoms with E-state index in [1.165, 1.54) is 18.3 Å². The van der Waals surface area contributed by atoms with E-state index in [-0.39, 0.29) is 0 Å². The van der Waals surface area contributed by atoms with Crippen LogP contribution in [0.15, 0.2) is 45.3 Å². The lowest BCUT2D eigenvalue weighted by atomic mass is 10.1. The van der Waals surface area contributed by atoms with Gasteiger partial charge in [0.15, 0.2) is 0 Å². The van der Waals surface area contributed by atoms with Gasteiger partial charge >= 0.3 is 0 Å². The molecule has 0 saturated heterocycles. The van der Waals surface area contributed by atoms with Crippen LogP contribution in [0.4, 0.5) is 0 Å². The van der Waals surface area contributed by atoms with Crippen molar-refractivity contribution in [2.75, 3.05) is 0 Å². The minimum atomic E-state index is 1.09. The Labute approximate surface area is 139 Å². The van der Waals surface area contributed by atoms with Crippen molar-refractivity contribution < 1.29 is 0 Å². The maximum Gasteiger partial charge on any atom is 0.0352 e. The quantitative estimate of drug-likeness (QED) is 0.291. The van der Waals surface area contributed by atoms with E-state index in [1.54, 1.807) is 0 Å². The smallest absolute Gasteiger partial charge is 0.0352 e. The monoisotopic (exact) mass is 562 g/mol. The molecular weight excluding hydrogens is 558 g/mol. The van der Waals surface area contributed by atoms with Crippen LogP contribution in [-0.2, 0) is 0 Å². The van der Waals surface area contributed by atoms with Crippen molar-refractivity contribution in [1.82, 2.24) is 0 Å². The Kier molecular flexibility index (Phi) is 4.71. The molecule has 2 aromatic carbocycles. The molecule has 2 aromatic rings. The summed E-state index contributed by atoms with van der Waals surface area (Å²) in [5, 5.41) is 0. The molecule has 0 aliphatic carbocycles. The van der Waals surface area contributed by atoms with E-state index in [4.69, 9.17) is 0 Å². The molecule has 0 atom stereocenters. The number of benzene rings is 2. The number of hydrogen-bond donors (Lipinski definition) is 0. The van der Waals surface area contributed by atoms with Gasteiger partial charge < -0.3 is 0 Å². The first kappa shape index (κ1) is 13.3. The van der Waals surface area contributed by atoms with Gasteiger partial charge in [-0.2, -0.15) is 0 Å². The van der Waals surface area contributed by atoms with Crippen molar-refractivity contribution in [3.8, 4) is 11.1 Å². The average molecular weight is 564 g/mol. The molecule has 2 rings (SSSR count). The molecule has 0 bridgehead atoms. The number of halogens is 4. The SMILES string of the molecule is Brc1cc(Br)c(I)c(-c2ccccc2I)c1. The van der Waals surface area contributed by atoms with Gasteiger partial charge in [0, 0.05) is 16.1 Å². The lowest BCUT2D eigenvalue weighted by molar-refractivity contribution is 1.50. The zero-order valence-corrected chi connectivity index (χ0v) is 15.5. The number of rotatable bonds is 1. The van der Waals surface area contributed by atoms with Crippen LogP contribution in [0.1, 0.15) is 0 Å². The highest BCUT2D eigenvalue weighted by molar-refractivity contribution is 14.1. The maximum atomic E-state index is 3.58. The molecule has 82 valence electrons. The summed E-state index contributed by atoms with van der Waals surface area (Å²) in [5.74, 6) is 0. The minimum Gasteiger partial charge on any atom is -0.0616 e. The fourth-order valence-corrected chi connectivity index (χ4v) is 3.94. The Morgan fingerprint density at radius 3 is 2.25 bits per heavy atom. The van der Waals surface area contributed by atoms with E-state index >= 15 is 0 Å². The maximum absolute atomic E-state index is 3.58. The molecular formula is C12H6Br2I2. The molecule has 0 heterocycles. The molecule has 4 heteroatoms. The third-order valence-electron chi connectivity index (χ3n) is 2.16. The summed E-state index contributed by atoms with van der Waals surface area (Å²) < 4.78 is 4.72. The van der Waals surface area contributed by atoms with Crippen LogP contribution in [0.2, 0.25) is 0 Å². The molecule has 0 radical (unpaired) electrons. The van der Waals surface area contributed by atoms with E-state index in [0.717, 1.165) is 8.95 Å². The Morgan fingerprint density at radius 2 is 1.56 bits per heavy atom. The van der Waals surface area contributed by atoms with Crippen LogP contribution in [-0.4, -0.2) is 0 Å². The highest BCUT2D eigenvalue weighted by atomic mass is 127. The second-order valence-electron chi connectivity index (χ2n) is 3.23. The van der Waals surface area contributed by atoms with E-state index in [2.05, 4.69) is 113 Å². The van der Waals surface area contributed by atoms with Gasteiger partial charge in [-0.3, -0.25) is 0 Å². The largest absolute Gasteiger partial charge is 0.0616 e. The number of hydrogen-bond acceptors (Lipinski definition) is 0. The predicted molar refractivity (Wildman–Crippen MR) is 92.7 cm³/mol. The summed E-state index contributed by atoms with van der Waals surface area (Å²) in [4.78, 5) is 0. The average Bonchev–Trinajstić information content (AvgIpc) is 2.24. The highest BCUT2D eigenvalue weighted by Gasteiger charge is 2.10. The Hall–Kier alpha value is 0.860. The van der Waals surface area contributed by atoms with Crippen LogP contribution in [0.5, 0.6) is 0 Å². The lowest BCUT2D eigenvalue weighted by Gasteiger charge is -2.09. The van der Waals surface area contributed by atoms with E-state index in [0.29, 0.717) is 0 Å². The molecule has 0 unspecified atom stereocenters. The van der Waals surface area contributed by atoms with Crippen molar-refractivity contribution in [3.63, 3.8) is 0 Å². The standard InChI is InChI=1S/C12H6Br2I2/c13-7-5-9(12(16)10(14)6-7)8-3-1-2-4-11(8)15/h1-6H.